The molecule has 1 amide bonds. The van der Waals surface area contributed by atoms with Crippen molar-refractivity contribution in [3.05, 3.63) is 59.2 Å². The second-order valence-electron chi connectivity index (χ2n) is 7.08. The minimum Gasteiger partial charge on any atom is -0.308 e. The summed E-state index contributed by atoms with van der Waals surface area (Å²) in [5.74, 6) is -1.89. The summed E-state index contributed by atoms with van der Waals surface area (Å²) in [4.78, 5) is 14.4. The molecule has 2 heterocycles. The first-order valence-electron chi connectivity index (χ1n) is 9.28. The van der Waals surface area contributed by atoms with Crippen molar-refractivity contribution in [1.82, 2.24) is 4.31 Å². The first-order chi connectivity index (χ1) is 13.4. The van der Waals surface area contributed by atoms with Crippen molar-refractivity contribution in [2.45, 2.75) is 30.6 Å². The van der Waals surface area contributed by atoms with E-state index >= 15 is 0 Å². The molecule has 4 rings (SSSR count). The number of sulfonamides is 1. The van der Waals surface area contributed by atoms with Gasteiger partial charge in [-0.3, -0.25) is 4.79 Å². The van der Waals surface area contributed by atoms with Crippen LogP contribution in [0.5, 0.6) is 0 Å². The molecule has 0 aromatic heterocycles. The number of benzene rings is 2. The number of carbonyl (C=O) groups is 1. The van der Waals surface area contributed by atoms with Crippen LogP contribution in [-0.2, 0) is 16.4 Å². The lowest BCUT2D eigenvalue weighted by Gasteiger charge is -2.30. The fraction of sp³-hybridized carbons (Fsp3) is 0.350. The van der Waals surface area contributed by atoms with Crippen molar-refractivity contribution in [1.29, 1.82) is 0 Å². The van der Waals surface area contributed by atoms with Crippen LogP contribution in [0.4, 0.5) is 14.5 Å². The summed E-state index contributed by atoms with van der Waals surface area (Å²) < 4.78 is 54.8. The van der Waals surface area contributed by atoms with Crippen LogP contribution in [0, 0.1) is 11.6 Å². The Morgan fingerprint density at radius 3 is 2.46 bits per heavy atom. The number of halogens is 2. The van der Waals surface area contributed by atoms with Crippen LogP contribution in [-0.4, -0.2) is 38.3 Å². The number of hydrogen-bond donors (Lipinski definition) is 0. The van der Waals surface area contributed by atoms with Gasteiger partial charge in [0.05, 0.1) is 10.6 Å². The zero-order valence-corrected chi connectivity index (χ0v) is 16.0. The summed E-state index contributed by atoms with van der Waals surface area (Å²) >= 11 is 0. The van der Waals surface area contributed by atoms with Gasteiger partial charge in [0.25, 0.3) is 5.91 Å². The standard InChI is InChI=1S/C20H20F2N2O3S/c21-15-12-18(22)17-7-4-10-24(19(17)13-15)20(25)14-5-3-6-16(11-14)28(26,27)23-8-1-2-9-23/h3,5-6,11-13H,1-2,4,7-10H2. The summed E-state index contributed by atoms with van der Waals surface area (Å²) in [5, 5.41) is 0. The molecule has 8 heteroatoms. The van der Waals surface area contributed by atoms with Gasteiger partial charge in [-0.15, -0.1) is 0 Å². The van der Waals surface area contributed by atoms with Crippen molar-refractivity contribution in [2.24, 2.45) is 0 Å². The van der Waals surface area contributed by atoms with E-state index in [9.17, 15) is 22.0 Å². The van der Waals surface area contributed by atoms with E-state index in [1.54, 1.807) is 0 Å². The summed E-state index contributed by atoms with van der Waals surface area (Å²) in [6.07, 6.45) is 2.61. The van der Waals surface area contributed by atoms with E-state index in [0.29, 0.717) is 38.0 Å². The lowest BCUT2D eigenvalue weighted by atomic mass is 10.00. The average Bonchev–Trinajstić information content (AvgIpc) is 3.23. The van der Waals surface area contributed by atoms with E-state index in [4.69, 9.17) is 0 Å². The van der Waals surface area contributed by atoms with Gasteiger partial charge < -0.3 is 4.90 Å². The Hall–Kier alpha value is -2.32. The highest BCUT2D eigenvalue weighted by molar-refractivity contribution is 7.89. The average molecular weight is 406 g/mol. The number of anilines is 1. The van der Waals surface area contributed by atoms with Crippen molar-refractivity contribution in [2.75, 3.05) is 24.5 Å². The highest BCUT2D eigenvalue weighted by Crippen LogP contribution is 2.32. The number of rotatable bonds is 3. The van der Waals surface area contributed by atoms with Crippen LogP contribution in [0.1, 0.15) is 35.2 Å². The Kier molecular flexibility index (Phi) is 4.93. The number of hydrogen-bond acceptors (Lipinski definition) is 3. The van der Waals surface area contributed by atoms with Crippen molar-refractivity contribution < 1.29 is 22.0 Å². The minimum absolute atomic E-state index is 0.0582. The highest BCUT2D eigenvalue weighted by Gasteiger charge is 2.30. The quantitative estimate of drug-likeness (QED) is 0.786. The first kappa shape index (κ1) is 19.0. The van der Waals surface area contributed by atoms with Gasteiger partial charge in [0, 0.05) is 36.8 Å². The van der Waals surface area contributed by atoms with Gasteiger partial charge in [-0.25, -0.2) is 17.2 Å². The Labute approximate surface area is 162 Å². The molecule has 1 saturated heterocycles. The molecule has 2 aliphatic rings. The summed E-state index contributed by atoms with van der Waals surface area (Å²) in [6.45, 7) is 1.26. The van der Waals surface area contributed by atoms with Crippen molar-refractivity contribution in [3.63, 3.8) is 0 Å². The maximum atomic E-state index is 14.1. The van der Waals surface area contributed by atoms with Gasteiger partial charge >= 0.3 is 0 Å². The van der Waals surface area contributed by atoms with Crippen LogP contribution in [0.2, 0.25) is 0 Å². The molecule has 0 aliphatic carbocycles. The van der Waals surface area contributed by atoms with E-state index in [-0.39, 0.29) is 16.1 Å². The molecule has 0 atom stereocenters. The molecule has 0 bridgehead atoms. The van der Waals surface area contributed by atoms with E-state index in [1.807, 2.05) is 0 Å². The molecule has 1 fully saturated rings. The fourth-order valence-corrected chi connectivity index (χ4v) is 5.41. The molecule has 0 radical (unpaired) electrons. The third-order valence-corrected chi connectivity index (χ3v) is 7.16. The van der Waals surface area contributed by atoms with E-state index in [1.165, 1.54) is 33.5 Å². The SMILES string of the molecule is O=C(c1cccc(S(=O)(=O)N2CCCC2)c1)N1CCCc2c(F)cc(F)cc21. The van der Waals surface area contributed by atoms with Gasteiger partial charge in [0.2, 0.25) is 10.0 Å². The second kappa shape index (κ2) is 7.25. The second-order valence-corrected chi connectivity index (χ2v) is 9.02. The van der Waals surface area contributed by atoms with E-state index in [0.717, 1.165) is 25.0 Å². The third-order valence-electron chi connectivity index (χ3n) is 5.26. The zero-order chi connectivity index (χ0) is 19.9. The maximum absolute atomic E-state index is 14.1. The molecular weight excluding hydrogens is 386 g/mol. The minimum atomic E-state index is -3.66. The number of fused-ring (bicyclic) bond motifs is 1. The van der Waals surface area contributed by atoms with Gasteiger partial charge in [0.15, 0.2) is 0 Å². The molecule has 0 unspecified atom stereocenters. The van der Waals surface area contributed by atoms with Crippen LogP contribution in [0.15, 0.2) is 41.3 Å². The molecule has 0 saturated carbocycles. The van der Waals surface area contributed by atoms with Crippen LogP contribution < -0.4 is 4.90 Å². The molecule has 2 aromatic carbocycles. The van der Waals surface area contributed by atoms with Crippen LogP contribution >= 0.6 is 0 Å². The molecule has 148 valence electrons. The lowest BCUT2D eigenvalue weighted by molar-refractivity contribution is 0.0984. The smallest absolute Gasteiger partial charge is 0.258 e. The molecule has 2 aromatic rings. The Balaban J connectivity index is 1.69. The predicted octanol–water partition coefficient (Wildman–Crippen LogP) is 3.34. The van der Waals surface area contributed by atoms with Crippen molar-refractivity contribution in [3.8, 4) is 0 Å². The van der Waals surface area contributed by atoms with Gasteiger partial charge in [-0.2, -0.15) is 4.31 Å². The highest BCUT2D eigenvalue weighted by atomic mass is 32.2. The molecule has 0 N–H and O–H groups in total. The zero-order valence-electron chi connectivity index (χ0n) is 15.2. The Morgan fingerprint density at radius 1 is 0.964 bits per heavy atom. The molecular formula is C20H20F2N2O3S. The van der Waals surface area contributed by atoms with Crippen molar-refractivity contribution >= 4 is 21.6 Å². The Morgan fingerprint density at radius 2 is 1.71 bits per heavy atom. The molecule has 5 nitrogen and oxygen atoms in total. The van der Waals surface area contributed by atoms with Gasteiger partial charge in [0.1, 0.15) is 11.6 Å². The monoisotopic (exact) mass is 406 g/mol. The van der Waals surface area contributed by atoms with Gasteiger partial charge in [-0.05, 0) is 49.9 Å². The maximum Gasteiger partial charge on any atom is 0.258 e. The normalized spacial score (nSPS) is 17.6. The van der Waals surface area contributed by atoms with Crippen LogP contribution in [0.3, 0.4) is 0 Å². The van der Waals surface area contributed by atoms with Gasteiger partial charge in [-0.1, -0.05) is 6.07 Å². The number of nitrogens with zero attached hydrogens (tertiary/aromatic N) is 2. The first-order valence-corrected chi connectivity index (χ1v) is 10.7. The third kappa shape index (κ3) is 3.31. The summed E-state index contributed by atoms with van der Waals surface area (Å²) in [6, 6.07) is 7.83. The Bertz CT molecular complexity index is 1030. The van der Waals surface area contributed by atoms with Crippen LogP contribution in [0.25, 0.3) is 0 Å². The summed E-state index contributed by atoms with van der Waals surface area (Å²) in [7, 11) is -3.66. The molecule has 28 heavy (non-hydrogen) atoms. The molecule has 0 spiro atoms. The lowest BCUT2D eigenvalue weighted by Crippen LogP contribution is -2.36. The van der Waals surface area contributed by atoms with E-state index < -0.39 is 27.6 Å². The number of carbonyl (C=O) groups excluding carboxylic acids is 1. The fourth-order valence-electron chi connectivity index (χ4n) is 3.85. The largest absolute Gasteiger partial charge is 0.308 e. The topological polar surface area (TPSA) is 57.7 Å². The summed E-state index contributed by atoms with van der Waals surface area (Å²) in [5.41, 5.74) is 0.696. The van der Waals surface area contributed by atoms with E-state index in [2.05, 4.69) is 0 Å². The molecule has 2 aliphatic heterocycles. The predicted molar refractivity (Wildman–Crippen MR) is 101 cm³/mol. The number of amides is 1.